The summed E-state index contributed by atoms with van der Waals surface area (Å²) < 4.78 is 66.9. The maximum Gasteiger partial charge on any atom is 0.511 e. The van der Waals surface area contributed by atoms with E-state index in [1.54, 1.807) is 14.2 Å². The molecular formula is C18H27F3N4O3S. The quantitative estimate of drug-likeness (QED) is 0.505. The molecule has 1 aliphatic rings. The molecule has 164 valence electrons. The summed E-state index contributed by atoms with van der Waals surface area (Å²) in [6.45, 7) is 0.699. The van der Waals surface area contributed by atoms with E-state index in [-0.39, 0.29) is 25.1 Å². The Morgan fingerprint density at radius 3 is 2.38 bits per heavy atom. The summed E-state index contributed by atoms with van der Waals surface area (Å²) >= 11 is 0. The number of guanidine groups is 1. The molecule has 1 heterocycles. The molecule has 1 unspecified atom stereocenters. The number of benzene rings is 1. The van der Waals surface area contributed by atoms with Crippen molar-refractivity contribution in [3.63, 3.8) is 0 Å². The Bertz CT molecular complexity index is 764. The Hall–Kier alpha value is -1.85. The fourth-order valence-corrected chi connectivity index (χ4v) is 4.14. The molecule has 1 aromatic rings. The zero-order chi connectivity index (χ0) is 21.5. The average Bonchev–Trinajstić information content (AvgIpc) is 2.71. The van der Waals surface area contributed by atoms with E-state index >= 15 is 0 Å². The smallest absolute Gasteiger partial charge is 0.375 e. The highest BCUT2D eigenvalue weighted by Crippen LogP contribution is 2.30. The number of nitrogens with zero attached hydrogens (tertiary/aromatic N) is 2. The number of halogens is 3. The minimum Gasteiger partial charge on any atom is -0.375 e. The van der Waals surface area contributed by atoms with Gasteiger partial charge in [-0.3, -0.25) is 4.99 Å². The number of nitrogens with one attached hydrogen (secondary N) is 2. The van der Waals surface area contributed by atoms with Crippen LogP contribution in [0.5, 0.6) is 0 Å². The number of aliphatic imine (C=N–C) groups is 1. The molecule has 0 aromatic heterocycles. The molecule has 0 bridgehead atoms. The van der Waals surface area contributed by atoms with Gasteiger partial charge in [-0.05, 0) is 24.3 Å². The lowest BCUT2D eigenvalue weighted by molar-refractivity contribution is -0.0496. The van der Waals surface area contributed by atoms with Crippen LogP contribution in [0.1, 0.15) is 24.5 Å². The molecule has 0 aliphatic carbocycles. The fourth-order valence-electron chi connectivity index (χ4n) is 3.16. The van der Waals surface area contributed by atoms with Gasteiger partial charge in [0.2, 0.25) is 0 Å². The highest BCUT2D eigenvalue weighted by molar-refractivity contribution is 7.90. The van der Waals surface area contributed by atoms with Crippen molar-refractivity contribution in [3.8, 4) is 0 Å². The van der Waals surface area contributed by atoms with E-state index in [4.69, 9.17) is 4.74 Å². The number of piperidine rings is 1. The molecule has 1 saturated heterocycles. The first-order chi connectivity index (χ1) is 13.7. The van der Waals surface area contributed by atoms with Gasteiger partial charge in [0.15, 0.2) is 5.96 Å². The summed E-state index contributed by atoms with van der Waals surface area (Å²) in [5.41, 5.74) is -4.23. The lowest BCUT2D eigenvalue weighted by Gasteiger charge is -2.31. The third-order valence-electron chi connectivity index (χ3n) is 4.90. The Balaban J connectivity index is 1.79. The van der Waals surface area contributed by atoms with Crippen molar-refractivity contribution in [2.24, 2.45) is 10.9 Å². The molecule has 1 aliphatic heterocycles. The van der Waals surface area contributed by atoms with E-state index in [0.29, 0.717) is 36.2 Å². The van der Waals surface area contributed by atoms with Crippen LogP contribution >= 0.6 is 0 Å². The van der Waals surface area contributed by atoms with Gasteiger partial charge in [0.25, 0.3) is 0 Å². The van der Waals surface area contributed by atoms with Gasteiger partial charge < -0.3 is 15.4 Å². The van der Waals surface area contributed by atoms with Gasteiger partial charge in [-0.2, -0.15) is 17.5 Å². The first-order valence-corrected chi connectivity index (χ1v) is 10.7. The molecule has 2 N–H and O–H groups in total. The van der Waals surface area contributed by atoms with Gasteiger partial charge in [0.05, 0.1) is 6.10 Å². The molecular weight excluding hydrogens is 409 g/mol. The van der Waals surface area contributed by atoms with Crippen LogP contribution in [0.25, 0.3) is 0 Å². The third-order valence-corrected chi connectivity index (χ3v) is 6.53. The standard InChI is InChI=1S/C18H27F3N4O3S/c1-22-17(24-13-16(28-2)15-6-4-3-5-7-15)23-12-14-8-10-25(11-9-14)29(26,27)18(19,20)21/h3-7,14,16H,8-13H2,1-2H3,(H2,22,23,24). The second kappa shape index (κ2) is 10.3. The number of sulfonamides is 1. The number of rotatable bonds is 7. The number of alkyl halides is 3. The average molecular weight is 437 g/mol. The van der Waals surface area contributed by atoms with Crippen molar-refractivity contribution >= 4 is 16.0 Å². The van der Waals surface area contributed by atoms with E-state index in [1.807, 2.05) is 30.3 Å². The van der Waals surface area contributed by atoms with Crippen LogP contribution in [0.3, 0.4) is 0 Å². The molecule has 29 heavy (non-hydrogen) atoms. The van der Waals surface area contributed by atoms with Gasteiger partial charge in [0, 0.05) is 40.3 Å². The van der Waals surface area contributed by atoms with Gasteiger partial charge in [-0.25, -0.2) is 8.42 Å². The lowest BCUT2D eigenvalue weighted by Crippen LogP contribution is -2.47. The van der Waals surface area contributed by atoms with Crippen LogP contribution in [-0.2, 0) is 14.8 Å². The number of methoxy groups -OCH3 is 1. The van der Waals surface area contributed by atoms with Crippen molar-refractivity contribution in [3.05, 3.63) is 35.9 Å². The van der Waals surface area contributed by atoms with Crippen LogP contribution in [0.15, 0.2) is 35.3 Å². The largest absolute Gasteiger partial charge is 0.511 e. The molecule has 7 nitrogen and oxygen atoms in total. The zero-order valence-electron chi connectivity index (χ0n) is 16.4. The highest BCUT2D eigenvalue weighted by atomic mass is 32.2. The predicted molar refractivity (Wildman–Crippen MR) is 105 cm³/mol. The van der Waals surface area contributed by atoms with Gasteiger partial charge >= 0.3 is 15.5 Å². The summed E-state index contributed by atoms with van der Waals surface area (Å²) in [5.74, 6) is 0.605. The second-order valence-corrected chi connectivity index (χ2v) is 8.69. The van der Waals surface area contributed by atoms with Crippen LogP contribution in [0.2, 0.25) is 0 Å². The first-order valence-electron chi connectivity index (χ1n) is 9.27. The van der Waals surface area contributed by atoms with Crippen LogP contribution < -0.4 is 10.6 Å². The Kier molecular flexibility index (Phi) is 8.29. The highest BCUT2D eigenvalue weighted by Gasteiger charge is 2.50. The van der Waals surface area contributed by atoms with E-state index in [2.05, 4.69) is 15.6 Å². The predicted octanol–water partition coefficient (Wildman–Crippen LogP) is 2.10. The van der Waals surface area contributed by atoms with Crippen molar-refractivity contribution in [2.75, 3.05) is 40.3 Å². The van der Waals surface area contributed by atoms with Gasteiger partial charge in [0.1, 0.15) is 0 Å². The van der Waals surface area contributed by atoms with Gasteiger partial charge in [-0.15, -0.1) is 0 Å². The van der Waals surface area contributed by atoms with Crippen LogP contribution in [0.4, 0.5) is 13.2 Å². The van der Waals surface area contributed by atoms with Gasteiger partial charge in [-0.1, -0.05) is 30.3 Å². The minimum atomic E-state index is -5.25. The van der Waals surface area contributed by atoms with E-state index in [1.165, 1.54) is 0 Å². The van der Waals surface area contributed by atoms with E-state index < -0.39 is 15.5 Å². The second-order valence-electron chi connectivity index (χ2n) is 6.76. The molecule has 0 spiro atoms. The maximum absolute atomic E-state index is 12.6. The Labute approximate surface area is 169 Å². The fraction of sp³-hybridized carbons (Fsp3) is 0.611. The SMILES string of the molecule is CN=C(NCC1CCN(S(=O)(=O)C(F)(F)F)CC1)NCC(OC)c1ccccc1. The monoisotopic (exact) mass is 436 g/mol. The minimum absolute atomic E-state index is 0.0561. The van der Waals surface area contributed by atoms with Crippen molar-refractivity contribution in [1.82, 2.24) is 14.9 Å². The summed E-state index contributed by atoms with van der Waals surface area (Å²) in [5, 5.41) is 6.32. The summed E-state index contributed by atoms with van der Waals surface area (Å²) in [4.78, 5) is 4.14. The molecule has 0 saturated carbocycles. The van der Waals surface area contributed by atoms with Crippen LogP contribution in [-0.4, -0.2) is 64.5 Å². The number of hydrogen-bond donors (Lipinski definition) is 2. The zero-order valence-corrected chi connectivity index (χ0v) is 17.3. The van der Waals surface area contributed by atoms with Crippen molar-refractivity contribution < 1.29 is 26.3 Å². The van der Waals surface area contributed by atoms with E-state index in [9.17, 15) is 21.6 Å². The topological polar surface area (TPSA) is 83.0 Å². The Morgan fingerprint density at radius 1 is 1.24 bits per heavy atom. The molecule has 0 amide bonds. The molecule has 1 aromatic carbocycles. The van der Waals surface area contributed by atoms with E-state index in [0.717, 1.165) is 5.56 Å². The molecule has 2 rings (SSSR count). The van der Waals surface area contributed by atoms with Crippen LogP contribution in [0, 0.1) is 5.92 Å². The Morgan fingerprint density at radius 2 is 1.86 bits per heavy atom. The van der Waals surface area contributed by atoms with Crippen molar-refractivity contribution in [2.45, 2.75) is 24.5 Å². The summed E-state index contributed by atoms with van der Waals surface area (Å²) in [6.07, 6.45) is 0.541. The number of hydrogen-bond acceptors (Lipinski definition) is 4. The maximum atomic E-state index is 12.6. The summed E-state index contributed by atoms with van der Waals surface area (Å²) in [7, 11) is -2.00. The van der Waals surface area contributed by atoms with Crippen molar-refractivity contribution in [1.29, 1.82) is 0 Å². The normalized spacial score (nSPS) is 18.4. The molecule has 0 radical (unpaired) electrons. The first kappa shape index (κ1) is 23.4. The lowest BCUT2D eigenvalue weighted by atomic mass is 9.98. The molecule has 11 heteroatoms. The summed E-state index contributed by atoms with van der Waals surface area (Å²) in [6, 6.07) is 9.72. The number of ether oxygens (including phenoxy) is 1. The third kappa shape index (κ3) is 6.31. The molecule has 1 fully saturated rings. The molecule has 1 atom stereocenters.